The maximum Gasteiger partial charge on any atom is 0.323 e. The molecule has 1 rings (SSSR count). The molecule has 0 radical (unpaired) electrons. The molecule has 112 valence electrons. The first-order valence-corrected chi connectivity index (χ1v) is 6.38. The van der Waals surface area contributed by atoms with E-state index in [0.717, 1.165) is 5.75 Å². The number of urea groups is 1. The molecule has 0 atom stereocenters. The number of carbonyl (C=O) groups is 1. The van der Waals surface area contributed by atoms with Gasteiger partial charge in [-0.05, 0) is 43.3 Å². The van der Waals surface area contributed by atoms with Gasteiger partial charge in [0.1, 0.15) is 11.5 Å². The Labute approximate surface area is 125 Å². The predicted octanol–water partition coefficient (Wildman–Crippen LogP) is 3.44. The molecule has 0 saturated heterocycles. The van der Waals surface area contributed by atoms with Gasteiger partial charge in [-0.15, -0.1) is 0 Å². The van der Waals surface area contributed by atoms with E-state index in [1.807, 2.05) is 6.92 Å². The zero-order valence-corrected chi connectivity index (χ0v) is 12.5. The average molecular weight is 288 g/mol. The van der Waals surface area contributed by atoms with E-state index >= 15 is 0 Å². The van der Waals surface area contributed by atoms with Crippen molar-refractivity contribution in [3.8, 4) is 5.75 Å². The van der Waals surface area contributed by atoms with Crippen LogP contribution in [0.4, 0.5) is 10.5 Å². The standard InChI is InChI=1S/C16H20N2O3/c1-5-13(7-6-12(2)20-3)17-16(19)18-14-8-10-15(21-4)11-9-14/h5-11H,2H2,1,3-4H3,(H2,17,18,19)/b7-6-,13-5+. The van der Waals surface area contributed by atoms with Crippen LogP contribution in [-0.2, 0) is 4.74 Å². The molecule has 21 heavy (non-hydrogen) atoms. The lowest BCUT2D eigenvalue weighted by Gasteiger charge is -2.09. The molecule has 1 aromatic carbocycles. The Balaban J connectivity index is 2.58. The second-order valence-corrected chi connectivity index (χ2v) is 4.06. The quantitative estimate of drug-likeness (QED) is 0.622. The van der Waals surface area contributed by atoms with Crippen LogP contribution in [0.25, 0.3) is 0 Å². The minimum absolute atomic E-state index is 0.332. The third-order valence-corrected chi connectivity index (χ3v) is 2.63. The fraction of sp³-hybridized carbons (Fsp3) is 0.188. The van der Waals surface area contributed by atoms with Crippen LogP contribution in [0.3, 0.4) is 0 Å². The summed E-state index contributed by atoms with van der Waals surface area (Å²) >= 11 is 0. The van der Waals surface area contributed by atoms with Crippen molar-refractivity contribution < 1.29 is 14.3 Å². The van der Waals surface area contributed by atoms with E-state index in [1.165, 1.54) is 7.11 Å². The molecule has 0 aromatic heterocycles. The van der Waals surface area contributed by atoms with Gasteiger partial charge in [-0.25, -0.2) is 4.79 Å². The second kappa shape index (κ2) is 8.47. The first kappa shape index (κ1) is 16.4. The Kier molecular flexibility index (Phi) is 6.60. The van der Waals surface area contributed by atoms with Gasteiger partial charge in [0, 0.05) is 11.4 Å². The van der Waals surface area contributed by atoms with E-state index in [-0.39, 0.29) is 6.03 Å². The van der Waals surface area contributed by atoms with Crippen LogP contribution >= 0.6 is 0 Å². The lowest BCUT2D eigenvalue weighted by atomic mass is 10.3. The van der Waals surface area contributed by atoms with Crippen molar-refractivity contribution in [1.82, 2.24) is 5.32 Å². The number of allylic oxidation sites excluding steroid dienone is 3. The van der Waals surface area contributed by atoms with Crippen molar-refractivity contribution in [3.05, 3.63) is 60.5 Å². The Bertz CT molecular complexity index is 545. The monoisotopic (exact) mass is 288 g/mol. The van der Waals surface area contributed by atoms with Crippen molar-refractivity contribution in [2.75, 3.05) is 19.5 Å². The lowest BCUT2D eigenvalue weighted by molar-refractivity contribution is 0.254. The van der Waals surface area contributed by atoms with Crippen molar-refractivity contribution in [2.45, 2.75) is 6.92 Å². The molecule has 2 N–H and O–H groups in total. The Morgan fingerprint density at radius 1 is 1.19 bits per heavy atom. The van der Waals surface area contributed by atoms with Crippen molar-refractivity contribution in [1.29, 1.82) is 0 Å². The van der Waals surface area contributed by atoms with E-state index in [0.29, 0.717) is 17.1 Å². The first-order chi connectivity index (χ1) is 10.1. The summed E-state index contributed by atoms with van der Waals surface area (Å²) in [5.74, 6) is 1.24. The number of rotatable bonds is 6. The highest BCUT2D eigenvalue weighted by atomic mass is 16.5. The number of anilines is 1. The highest BCUT2D eigenvalue weighted by Crippen LogP contribution is 2.14. The Hall–Kier alpha value is -2.69. The number of amides is 2. The molecular formula is C16H20N2O3. The third kappa shape index (κ3) is 5.86. The smallest absolute Gasteiger partial charge is 0.323 e. The normalized spacial score (nSPS) is 11.1. The molecule has 0 saturated carbocycles. The number of ether oxygens (including phenoxy) is 2. The molecular weight excluding hydrogens is 268 g/mol. The maximum absolute atomic E-state index is 11.9. The number of carbonyl (C=O) groups excluding carboxylic acids is 1. The Morgan fingerprint density at radius 2 is 1.86 bits per heavy atom. The number of hydrogen-bond donors (Lipinski definition) is 2. The number of benzene rings is 1. The summed E-state index contributed by atoms with van der Waals surface area (Å²) in [5, 5.41) is 5.45. The van der Waals surface area contributed by atoms with E-state index in [9.17, 15) is 4.79 Å². The molecule has 0 aliphatic rings. The summed E-state index contributed by atoms with van der Waals surface area (Å²) in [5.41, 5.74) is 1.31. The molecule has 0 bridgehead atoms. The van der Waals surface area contributed by atoms with Crippen LogP contribution in [0, 0.1) is 0 Å². The van der Waals surface area contributed by atoms with Crippen molar-refractivity contribution in [3.63, 3.8) is 0 Å². The minimum Gasteiger partial charge on any atom is -0.497 e. The van der Waals surface area contributed by atoms with Crippen LogP contribution < -0.4 is 15.4 Å². The van der Waals surface area contributed by atoms with E-state index in [4.69, 9.17) is 9.47 Å². The molecule has 0 spiro atoms. The highest BCUT2D eigenvalue weighted by Gasteiger charge is 2.03. The molecule has 5 heteroatoms. The molecule has 0 heterocycles. The van der Waals surface area contributed by atoms with Gasteiger partial charge in [-0.1, -0.05) is 12.7 Å². The summed E-state index contributed by atoms with van der Waals surface area (Å²) in [4.78, 5) is 11.9. The predicted molar refractivity (Wildman–Crippen MR) is 84.2 cm³/mol. The summed E-state index contributed by atoms with van der Waals surface area (Å²) in [7, 11) is 3.12. The minimum atomic E-state index is -0.332. The van der Waals surface area contributed by atoms with Crippen molar-refractivity contribution >= 4 is 11.7 Å². The zero-order valence-electron chi connectivity index (χ0n) is 12.5. The SMILES string of the molecule is C=C(/C=C\C(=C/C)NC(=O)Nc1ccc(OC)cc1)OC. The van der Waals surface area contributed by atoms with Crippen LogP contribution in [0.5, 0.6) is 5.75 Å². The van der Waals surface area contributed by atoms with Gasteiger partial charge in [-0.2, -0.15) is 0 Å². The molecule has 5 nitrogen and oxygen atoms in total. The van der Waals surface area contributed by atoms with Gasteiger partial charge in [0.05, 0.1) is 14.2 Å². The number of methoxy groups -OCH3 is 2. The Morgan fingerprint density at radius 3 is 2.38 bits per heavy atom. The van der Waals surface area contributed by atoms with Gasteiger partial charge in [-0.3, -0.25) is 0 Å². The van der Waals surface area contributed by atoms with Crippen LogP contribution in [0.1, 0.15) is 6.92 Å². The summed E-state index contributed by atoms with van der Waals surface area (Å²) in [6.45, 7) is 5.49. The highest BCUT2D eigenvalue weighted by molar-refractivity contribution is 5.90. The molecule has 0 unspecified atom stereocenters. The third-order valence-electron chi connectivity index (χ3n) is 2.63. The van der Waals surface area contributed by atoms with Crippen molar-refractivity contribution in [2.24, 2.45) is 0 Å². The molecule has 2 amide bonds. The lowest BCUT2D eigenvalue weighted by Crippen LogP contribution is -2.27. The van der Waals surface area contributed by atoms with Gasteiger partial charge in [0.15, 0.2) is 0 Å². The van der Waals surface area contributed by atoms with E-state index < -0.39 is 0 Å². The zero-order chi connectivity index (χ0) is 15.7. The number of nitrogens with one attached hydrogen (secondary N) is 2. The summed E-state index contributed by atoms with van der Waals surface area (Å²) in [6.07, 6.45) is 5.15. The van der Waals surface area contributed by atoms with E-state index in [2.05, 4.69) is 17.2 Å². The van der Waals surface area contributed by atoms with Crippen LogP contribution in [0.2, 0.25) is 0 Å². The largest absolute Gasteiger partial charge is 0.497 e. The molecule has 0 aliphatic heterocycles. The summed E-state index contributed by atoms with van der Waals surface area (Å²) in [6, 6.07) is 6.73. The van der Waals surface area contributed by atoms with E-state index in [1.54, 1.807) is 49.6 Å². The second-order valence-electron chi connectivity index (χ2n) is 4.06. The van der Waals surface area contributed by atoms with Crippen LogP contribution in [-0.4, -0.2) is 20.3 Å². The fourth-order valence-corrected chi connectivity index (χ4v) is 1.43. The van der Waals surface area contributed by atoms with Gasteiger partial charge in [0.2, 0.25) is 0 Å². The molecule has 1 aromatic rings. The topological polar surface area (TPSA) is 59.6 Å². The first-order valence-electron chi connectivity index (χ1n) is 6.38. The molecule has 0 fully saturated rings. The van der Waals surface area contributed by atoms with Gasteiger partial charge in [0.25, 0.3) is 0 Å². The summed E-state index contributed by atoms with van der Waals surface area (Å²) < 4.78 is 9.97. The number of hydrogen-bond acceptors (Lipinski definition) is 3. The van der Waals surface area contributed by atoms with Gasteiger partial charge < -0.3 is 20.1 Å². The van der Waals surface area contributed by atoms with Gasteiger partial charge >= 0.3 is 6.03 Å². The van der Waals surface area contributed by atoms with Crippen LogP contribution in [0.15, 0.2) is 60.5 Å². The average Bonchev–Trinajstić information content (AvgIpc) is 2.51. The fourth-order valence-electron chi connectivity index (χ4n) is 1.43. The molecule has 0 aliphatic carbocycles. The maximum atomic E-state index is 11.9.